The summed E-state index contributed by atoms with van der Waals surface area (Å²) in [7, 11) is -2.92. The first-order valence-electron chi connectivity index (χ1n) is 17.0. The molecule has 0 bridgehead atoms. The molecule has 3 aliphatic heterocycles. The molecule has 8 rings (SSSR count). The van der Waals surface area contributed by atoms with Crippen LogP contribution < -0.4 is 9.80 Å². The van der Waals surface area contributed by atoms with E-state index in [2.05, 4.69) is 16.9 Å². The molecule has 4 aromatic carbocycles. The summed E-state index contributed by atoms with van der Waals surface area (Å²) in [6.07, 6.45) is 2.50. The van der Waals surface area contributed by atoms with Crippen LogP contribution in [0.15, 0.2) is 104 Å². The van der Waals surface area contributed by atoms with Crippen molar-refractivity contribution in [2.75, 3.05) is 16.3 Å². The highest BCUT2D eigenvalue weighted by molar-refractivity contribution is 6.71. The van der Waals surface area contributed by atoms with Gasteiger partial charge in [-0.2, -0.15) is 0 Å². The van der Waals surface area contributed by atoms with Gasteiger partial charge < -0.3 is 19.5 Å². The van der Waals surface area contributed by atoms with Gasteiger partial charge in [-0.1, -0.05) is 72.8 Å². The molecule has 0 saturated carbocycles. The van der Waals surface area contributed by atoms with E-state index in [1.807, 2.05) is 105 Å². The Morgan fingerprint density at radius 2 is 1.78 bits per heavy atom. The van der Waals surface area contributed by atoms with Crippen LogP contribution in [0.25, 0.3) is 10.8 Å². The lowest BCUT2D eigenvalue weighted by atomic mass is 9.82. The Balaban J connectivity index is 1.16. The average molecular weight is 686 g/mol. The molecular weight excluding hydrogens is 647 g/mol. The van der Waals surface area contributed by atoms with Gasteiger partial charge in [-0.25, -0.2) is 0 Å². The zero-order valence-corrected chi connectivity index (χ0v) is 29.2. The molecular formula is C39H39N5O5Si. The lowest BCUT2D eigenvalue weighted by Gasteiger charge is -2.32. The molecule has 1 saturated heterocycles. The summed E-state index contributed by atoms with van der Waals surface area (Å²) in [6.45, 7) is 10.4. The van der Waals surface area contributed by atoms with Crippen LogP contribution in [0, 0.1) is 5.92 Å². The van der Waals surface area contributed by atoms with Crippen molar-refractivity contribution in [1.29, 1.82) is 0 Å². The molecule has 5 aromatic rings. The number of hydrogen-bond acceptors (Lipinski definition) is 7. The second kappa shape index (κ2) is 11.8. The number of carbonyl (C=O) groups is 2. The predicted octanol–water partition coefficient (Wildman–Crippen LogP) is 6.23. The number of carbonyl (C=O) groups excluding carboxylic acids is 2. The maximum Gasteiger partial charge on any atom is 0.264 e. The summed E-state index contributed by atoms with van der Waals surface area (Å²) >= 11 is 0. The van der Waals surface area contributed by atoms with Crippen molar-refractivity contribution in [3.05, 3.63) is 126 Å². The van der Waals surface area contributed by atoms with Crippen LogP contribution in [-0.2, 0) is 21.7 Å². The number of aromatic nitrogens is 3. The van der Waals surface area contributed by atoms with E-state index >= 15 is 0 Å². The van der Waals surface area contributed by atoms with E-state index in [0.29, 0.717) is 41.2 Å². The number of aliphatic hydroxyl groups excluding tert-OH is 1. The van der Waals surface area contributed by atoms with Gasteiger partial charge in [-0.15, -0.1) is 11.7 Å². The number of aryl methyl sites for hydroxylation is 1. The fourth-order valence-electron chi connectivity index (χ4n) is 8.57. The van der Waals surface area contributed by atoms with Crippen LogP contribution >= 0.6 is 0 Å². The van der Waals surface area contributed by atoms with Crippen molar-refractivity contribution in [2.45, 2.75) is 56.3 Å². The van der Waals surface area contributed by atoms with Crippen LogP contribution in [-0.4, -0.2) is 57.7 Å². The van der Waals surface area contributed by atoms with Crippen LogP contribution in [0.2, 0.25) is 18.6 Å². The zero-order valence-electron chi connectivity index (χ0n) is 28.2. The number of aliphatic hydroxyl groups is 1. The van der Waals surface area contributed by atoms with Crippen molar-refractivity contribution in [2.24, 2.45) is 5.92 Å². The minimum atomic E-state index is -2.92. The molecule has 1 fully saturated rings. The molecule has 11 heteroatoms. The van der Waals surface area contributed by atoms with E-state index in [1.165, 1.54) is 0 Å². The van der Waals surface area contributed by atoms with Crippen LogP contribution in [0.1, 0.15) is 46.6 Å². The Morgan fingerprint density at radius 1 is 1.02 bits per heavy atom. The molecule has 3 aliphatic rings. The number of nitrogens with zero attached hydrogens (tertiary/aromatic N) is 5. The van der Waals surface area contributed by atoms with Crippen LogP contribution in [0.5, 0.6) is 0 Å². The third kappa shape index (κ3) is 4.79. The SMILES string of the molecule is C=CCN1C(=O)[C@@]2(O[C@@H](CCn3cc([C@H](O)c4ccccc4)nn3)[C@H]([Si](C)(C)O)[C@H]2C)c2cc(N3C(=O)c4cccc5cccc3c45)ccc21. The number of anilines is 3. The second-order valence-electron chi connectivity index (χ2n) is 14.1. The number of fused-ring (bicyclic) bond motifs is 2. The first-order valence-corrected chi connectivity index (χ1v) is 20.0. The van der Waals surface area contributed by atoms with E-state index in [4.69, 9.17) is 4.74 Å². The normalized spacial score (nSPS) is 23.3. The topological polar surface area (TPSA) is 121 Å². The monoisotopic (exact) mass is 685 g/mol. The van der Waals surface area contributed by atoms with Crippen LogP contribution in [0.3, 0.4) is 0 Å². The molecule has 4 heterocycles. The minimum Gasteiger partial charge on any atom is -0.432 e. The third-order valence-corrected chi connectivity index (χ3v) is 13.2. The summed E-state index contributed by atoms with van der Waals surface area (Å²) in [5, 5.41) is 21.3. The highest BCUT2D eigenvalue weighted by atomic mass is 28.4. The lowest BCUT2D eigenvalue weighted by molar-refractivity contribution is -0.145. The first kappa shape index (κ1) is 32.3. The molecule has 2 amide bonds. The van der Waals surface area contributed by atoms with Gasteiger partial charge in [0.05, 0.1) is 29.2 Å². The van der Waals surface area contributed by atoms with Crippen molar-refractivity contribution < 1.29 is 24.2 Å². The van der Waals surface area contributed by atoms with Gasteiger partial charge in [0.2, 0.25) is 0 Å². The number of hydrogen-bond donors (Lipinski definition) is 2. The maximum absolute atomic E-state index is 14.7. The molecule has 2 N–H and O–H groups in total. The molecule has 5 atom stereocenters. The van der Waals surface area contributed by atoms with E-state index in [-0.39, 0.29) is 29.8 Å². The van der Waals surface area contributed by atoms with Gasteiger partial charge in [-0.3, -0.25) is 19.2 Å². The molecule has 50 heavy (non-hydrogen) atoms. The highest BCUT2D eigenvalue weighted by Crippen LogP contribution is 2.60. The summed E-state index contributed by atoms with van der Waals surface area (Å²) in [5.74, 6) is -0.700. The molecule has 10 nitrogen and oxygen atoms in total. The van der Waals surface area contributed by atoms with Crippen molar-refractivity contribution in [1.82, 2.24) is 15.0 Å². The van der Waals surface area contributed by atoms with Crippen LogP contribution in [0.4, 0.5) is 17.1 Å². The quantitative estimate of drug-likeness (QED) is 0.140. The van der Waals surface area contributed by atoms with Crippen molar-refractivity contribution >= 4 is 48.0 Å². The number of rotatable bonds is 9. The molecule has 0 radical (unpaired) electrons. The average Bonchev–Trinajstić information content (AvgIpc) is 3.84. The Bertz CT molecular complexity index is 2160. The maximum atomic E-state index is 14.7. The summed E-state index contributed by atoms with van der Waals surface area (Å²) in [5.41, 5.74) is 2.96. The van der Waals surface area contributed by atoms with Gasteiger partial charge in [-0.05, 0) is 60.8 Å². The Kier molecular flexibility index (Phi) is 7.64. The molecule has 0 aliphatic carbocycles. The standard InChI is InChI=1S/C39H39N5O5Si/c1-5-20-43-31-18-17-27(44-32-16-10-14-25-13-9-15-28(34(25)32)37(44)46)22-29(31)39(38(43)47)24(2)36(50(3,4)48)33(49-39)19-21-42-23-30(40-41-42)35(45)26-11-7-6-8-12-26/h5-18,22-24,33,35-36,45,48H,1,19-21H2,2-4H3/t24-,33+,35-,36-,39+/m1/s1. The van der Waals surface area contributed by atoms with E-state index in [1.54, 1.807) is 26.8 Å². The Hall–Kier alpha value is -4.94. The van der Waals surface area contributed by atoms with Crippen molar-refractivity contribution in [3.63, 3.8) is 0 Å². The van der Waals surface area contributed by atoms with E-state index in [0.717, 1.165) is 22.0 Å². The largest absolute Gasteiger partial charge is 0.432 e. The molecule has 0 unspecified atom stereocenters. The Labute approximate surface area is 291 Å². The third-order valence-electron chi connectivity index (χ3n) is 10.7. The van der Waals surface area contributed by atoms with Gasteiger partial charge in [0.25, 0.3) is 11.8 Å². The second-order valence-corrected chi connectivity index (χ2v) is 18.1. The summed E-state index contributed by atoms with van der Waals surface area (Å²) < 4.78 is 8.69. The first-order chi connectivity index (χ1) is 24.0. The van der Waals surface area contributed by atoms with Gasteiger partial charge >= 0.3 is 0 Å². The summed E-state index contributed by atoms with van der Waals surface area (Å²) in [4.78, 5) is 43.8. The Morgan fingerprint density at radius 3 is 2.52 bits per heavy atom. The lowest BCUT2D eigenvalue weighted by Crippen LogP contribution is -2.46. The number of amides is 2. The van der Waals surface area contributed by atoms with Gasteiger partial charge in [0, 0.05) is 41.2 Å². The van der Waals surface area contributed by atoms with Gasteiger partial charge in [0.15, 0.2) is 13.9 Å². The van der Waals surface area contributed by atoms with E-state index in [9.17, 15) is 19.5 Å². The van der Waals surface area contributed by atoms with Gasteiger partial charge in [0.1, 0.15) is 11.8 Å². The minimum absolute atomic E-state index is 0.123. The zero-order chi connectivity index (χ0) is 34.9. The fourth-order valence-corrected chi connectivity index (χ4v) is 11.2. The highest BCUT2D eigenvalue weighted by Gasteiger charge is 2.66. The predicted molar refractivity (Wildman–Crippen MR) is 194 cm³/mol. The smallest absolute Gasteiger partial charge is 0.264 e. The fraction of sp³-hybridized carbons (Fsp3) is 0.282. The van der Waals surface area contributed by atoms with Crippen molar-refractivity contribution in [3.8, 4) is 0 Å². The van der Waals surface area contributed by atoms with E-state index < -0.39 is 26.1 Å². The number of ether oxygens (including phenoxy) is 1. The molecule has 254 valence electrons. The molecule has 1 aromatic heterocycles. The summed E-state index contributed by atoms with van der Waals surface area (Å²) in [6, 6.07) is 26.6. The molecule has 1 spiro atoms. The number of benzene rings is 4.